The normalized spacial score (nSPS) is 17.4. The van der Waals surface area contributed by atoms with Crippen LogP contribution in [-0.4, -0.2) is 17.3 Å². The molecule has 2 nitrogen and oxygen atoms in total. The van der Waals surface area contributed by atoms with Crippen LogP contribution in [-0.2, 0) is 12.7 Å². The van der Waals surface area contributed by atoms with Crippen molar-refractivity contribution in [2.24, 2.45) is 0 Å². The number of likely N-dealkylation sites (tertiary alicyclic amines) is 1. The zero-order valence-corrected chi connectivity index (χ0v) is 10.6. The molecule has 0 radical (unpaired) electrons. The molecule has 0 aromatic heterocycles. The Morgan fingerprint density at radius 2 is 1.95 bits per heavy atom. The van der Waals surface area contributed by atoms with E-state index >= 15 is 0 Å². The maximum atomic E-state index is 12.6. The van der Waals surface area contributed by atoms with Gasteiger partial charge in [-0.05, 0) is 30.5 Å². The Hall–Kier alpha value is -1.52. The molecule has 0 spiro atoms. The highest BCUT2D eigenvalue weighted by molar-refractivity contribution is 5.79. The first kappa shape index (κ1) is 13.9. The van der Waals surface area contributed by atoms with Crippen LogP contribution < -0.4 is 0 Å². The van der Waals surface area contributed by atoms with E-state index in [0.29, 0.717) is 17.9 Å². The molecule has 1 aromatic carbocycles. The second kappa shape index (κ2) is 5.63. The monoisotopic (exact) mass is 270 g/mol. The summed E-state index contributed by atoms with van der Waals surface area (Å²) >= 11 is 0. The Morgan fingerprint density at radius 3 is 2.68 bits per heavy atom. The van der Waals surface area contributed by atoms with Gasteiger partial charge in [0, 0.05) is 19.5 Å². The van der Waals surface area contributed by atoms with Crippen LogP contribution in [0.1, 0.15) is 36.8 Å². The number of hydrogen-bond acceptors (Lipinski definition) is 1. The standard InChI is InChI=1S/C14H17F3N2/c15-14(16,17)12-6-4-5-11(9-12)10-19-8-3-1-2-7-13(19)18/h4-6,9,18H,1-3,7-8,10H2. The molecule has 1 aromatic rings. The number of amidine groups is 1. The Balaban J connectivity index is 2.12. The molecule has 1 saturated heterocycles. The Kier molecular flexibility index (Phi) is 4.12. The van der Waals surface area contributed by atoms with Crippen molar-refractivity contribution in [2.75, 3.05) is 6.54 Å². The van der Waals surface area contributed by atoms with Crippen molar-refractivity contribution in [1.29, 1.82) is 5.41 Å². The summed E-state index contributed by atoms with van der Waals surface area (Å²) in [6.07, 6.45) is -0.498. The highest BCUT2D eigenvalue weighted by atomic mass is 19.4. The fourth-order valence-electron chi connectivity index (χ4n) is 2.31. The van der Waals surface area contributed by atoms with Gasteiger partial charge in [-0.15, -0.1) is 0 Å². The maximum absolute atomic E-state index is 12.6. The molecule has 1 aliphatic rings. The first-order valence-electron chi connectivity index (χ1n) is 6.45. The molecule has 5 heteroatoms. The van der Waals surface area contributed by atoms with Gasteiger partial charge in [0.2, 0.25) is 0 Å². The van der Waals surface area contributed by atoms with Crippen LogP contribution >= 0.6 is 0 Å². The third-order valence-electron chi connectivity index (χ3n) is 3.35. The van der Waals surface area contributed by atoms with Gasteiger partial charge in [-0.25, -0.2) is 0 Å². The van der Waals surface area contributed by atoms with Gasteiger partial charge in [0.1, 0.15) is 0 Å². The quantitative estimate of drug-likeness (QED) is 0.862. The molecular weight excluding hydrogens is 253 g/mol. The molecule has 0 saturated carbocycles. The minimum atomic E-state index is -4.30. The first-order valence-corrected chi connectivity index (χ1v) is 6.45. The van der Waals surface area contributed by atoms with E-state index in [-0.39, 0.29) is 0 Å². The summed E-state index contributed by atoms with van der Waals surface area (Å²) in [4.78, 5) is 1.88. The van der Waals surface area contributed by atoms with Gasteiger partial charge in [0.05, 0.1) is 11.4 Å². The van der Waals surface area contributed by atoms with E-state index in [1.807, 2.05) is 4.90 Å². The maximum Gasteiger partial charge on any atom is 0.416 e. The van der Waals surface area contributed by atoms with Crippen molar-refractivity contribution in [1.82, 2.24) is 4.90 Å². The lowest BCUT2D eigenvalue weighted by atomic mass is 10.1. The summed E-state index contributed by atoms with van der Waals surface area (Å²) in [5.74, 6) is 0.537. The minimum Gasteiger partial charge on any atom is -0.356 e. The number of halogens is 3. The predicted molar refractivity (Wildman–Crippen MR) is 68.0 cm³/mol. The highest BCUT2D eigenvalue weighted by Gasteiger charge is 2.30. The van der Waals surface area contributed by atoms with Gasteiger partial charge in [-0.2, -0.15) is 13.2 Å². The Morgan fingerprint density at radius 1 is 1.16 bits per heavy atom. The lowest BCUT2D eigenvalue weighted by Gasteiger charge is -2.23. The number of rotatable bonds is 2. The fraction of sp³-hybridized carbons (Fsp3) is 0.500. The zero-order chi connectivity index (χ0) is 13.9. The van der Waals surface area contributed by atoms with Crippen LogP contribution in [0.15, 0.2) is 24.3 Å². The van der Waals surface area contributed by atoms with Crippen LogP contribution in [0.25, 0.3) is 0 Å². The number of alkyl halides is 3. The molecule has 0 aliphatic carbocycles. The molecule has 0 atom stereocenters. The Bertz CT molecular complexity index is 454. The van der Waals surface area contributed by atoms with Gasteiger partial charge in [0.25, 0.3) is 0 Å². The minimum absolute atomic E-state index is 0.392. The molecule has 2 rings (SSSR count). The van der Waals surface area contributed by atoms with Crippen molar-refractivity contribution < 1.29 is 13.2 Å². The summed E-state index contributed by atoms with van der Waals surface area (Å²) < 4.78 is 37.9. The summed E-state index contributed by atoms with van der Waals surface area (Å²) in [6.45, 7) is 1.15. The number of nitrogens with zero attached hydrogens (tertiary/aromatic N) is 1. The molecule has 19 heavy (non-hydrogen) atoms. The van der Waals surface area contributed by atoms with Gasteiger partial charge in [0.15, 0.2) is 0 Å². The summed E-state index contributed by atoms with van der Waals surface area (Å²) in [6, 6.07) is 5.38. The molecule has 1 heterocycles. The number of benzene rings is 1. The average molecular weight is 270 g/mol. The molecule has 1 N–H and O–H groups in total. The van der Waals surface area contributed by atoms with Gasteiger partial charge in [-0.1, -0.05) is 18.6 Å². The third-order valence-corrected chi connectivity index (χ3v) is 3.35. The largest absolute Gasteiger partial charge is 0.416 e. The van der Waals surface area contributed by atoms with Crippen LogP contribution in [0.2, 0.25) is 0 Å². The van der Waals surface area contributed by atoms with Gasteiger partial charge < -0.3 is 4.90 Å². The predicted octanol–water partition coefficient (Wildman–Crippen LogP) is 4.06. The van der Waals surface area contributed by atoms with Crippen LogP contribution in [0.4, 0.5) is 13.2 Å². The summed E-state index contributed by atoms with van der Waals surface area (Å²) in [5, 5.41) is 7.92. The van der Waals surface area contributed by atoms with Crippen LogP contribution in [0.3, 0.4) is 0 Å². The van der Waals surface area contributed by atoms with E-state index in [9.17, 15) is 13.2 Å². The van der Waals surface area contributed by atoms with Crippen molar-refractivity contribution in [3.05, 3.63) is 35.4 Å². The zero-order valence-electron chi connectivity index (χ0n) is 10.6. The van der Waals surface area contributed by atoms with Crippen molar-refractivity contribution in [3.63, 3.8) is 0 Å². The third kappa shape index (κ3) is 3.72. The molecule has 104 valence electrons. The van der Waals surface area contributed by atoms with Crippen molar-refractivity contribution in [2.45, 2.75) is 38.4 Å². The SMILES string of the molecule is N=C1CCCCCN1Cc1cccc(C(F)(F)F)c1. The molecule has 0 bridgehead atoms. The molecule has 1 fully saturated rings. The van der Waals surface area contributed by atoms with Crippen molar-refractivity contribution in [3.8, 4) is 0 Å². The van der Waals surface area contributed by atoms with Crippen LogP contribution in [0.5, 0.6) is 0 Å². The lowest BCUT2D eigenvalue weighted by molar-refractivity contribution is -0.137. The number of hydrogen-bond donors (Lipinski definition) is 1. The smallest absolute Gasteiger partial charge is 0.356 e. The highest BCUT2D eigenvalue weighted by Crippen LogP contribution is 2.30. The Labute approximate surface area is 110 Å². The summed E-state index contributed by atoms with van der Waals surface area (Å²) in [5.41, 5.74) is -0.00664. The topological polar surface area (TPSA) is 27.1 Å². The molecule has 0 amide bonds. The molecular formula is C14H17F3N2. The fourth-order valence-corrected chi connectivity index (χ4v) is 2.31. The van der Waals surface area contributed by atoms with Crippen molar-refractivity contribution >= 4 is 5.84 Å². The second-order valence-corrected chi connectivity index (χ2v) is 4.88. The van der Waals surface area contributed by atoms with Crippen LogP contribution in [0, 0.1) is 5.41 Å². The van der Waals surface area contributed by atoms with E-state index in [1.54, 1.807) is 6.07 Å². The second-order valence-electron chi connectivity index (χ2n) is 4.88. The lowest BCUT2D eigenvalue weighted by Crippen LogP contribution is -2.29. The summed E-state index contributed by atoms with van der Waals surface area (Å²) in [7, 11) is 0. The number of nitrogens with one attached hydrogen (secondary N) is 1. The molecule has 0 unspecified atom stereocenters. The first-order chi connectivity index (χ1) is 8.97. The van der Waals surface area contributed by atoms with E-state index in [2.05, 4.69) is 0 Å². The average Bonchev–Trinajstić information content (AvgIpc) is 2.54. The van der Waals surface area contributed by atoms with E-state index in [4.69, 9.17) is 5.41 Å². The van der Waals surface area contributed by atoms with E-state index in [1.165, 1.54) is 12.1 Å². The molecule has 1 aliphatic heterocycles. The van der Waals surface area contributed by atoms with Gasteiger partial charge in [-0.3, -0.25) is 5.41 Å². The van der Waals surface area contributed by atoms with Gasteiger partial charge >= 0.3 is 6.18 Å². The van der Waals surface area contributed by atoms with E-state index < -0.39 is 11.7 Å². The van der Waals surface area contributed by atoms with E-state index in [0.717, 1.165) is 38.3 Å².